The zero-order valence-corrected chi connectivity index (χ0v) is 10.0. The summed E-state index contributed by atoms with van der Waals surface area (Å²) in [6.07, 6.45) is 1.76. The summed E-state index contributed by atoms with van der Waals surface area (Å²) in [5.74, 6) is 0.673. The van der Waals surface area contributed by atoms with Crippen LogP contribution < -0.4 is 5.32 Å². The van der Waals surface area contributed by atoms with Crippen LogP contribution in [0.25, 0.3) is 0 Å². The quantitative estimate of drug-likeness (QED) is 0.846. The fraction of sp³-hybridized carbons (Fsp3) is 0.364. The van der Waals surface area contributed by atoms with Crippen LogP contribution in [0.2, 0.25) is 0 Å². The molecule has 0 aromatic carbocycles. The molecule has 0 fully saturated rings. The van der Waals surface area contributed by atoms with Crippen LogP contribution in [0, 0.1) is 0 Å². The van der Waals surface area contributed by atoms with Crippen molar-refractivity contribution in [3.63, 3.8) is 0 Å². The number of hydrogen-bond acceptors (Lipinski definition) is 4. The normalized spacial score (nSPS) is 18.1. The van der Waals surface area contributed by atoms with Crippen LogP contribution in [0.3, 0.4) is 0 Å². The summed E-state index contributed by atoms with van der Waals surface area (Å²) < 4.78 is 0. The summed E-state index contributed by atoms with van der Waals surface area (Å²) in [7, 11) is 0. The van der Waals surface area contributed by atoms with Crippen LogP contribution >= 0.6 is 11.8 Å². The number of amides is 1. The molecule has 0 unspecified atom stereocenters. The van der Waals surface area contributed by atoms with Crippen LogP contribution in [0.5, 0.6) is 0 Å². The van der Waals surface area contributed by atoms with Crippen molar-refractivity contribution in [1.82, 2.24) is 10.3 Å². The van der Waals surface area contributed by atoms with E-state index in [-0.39, 0.29) is 5.91 Å². The fourth-order valence-electron chi connectivity index (χ4n) is 1.28. The molecule has 1 aliphatic rings. The van der Waals surface area contributed by atoms with Gasteiger partial charge in [-0.1, -0.05) is 17.8 Å². The number of carbonyl (C=O) groups excluding carboxylic acids is 1. The number of hydrogen-bond donors (Lipinski definition) is 1. The van der Waals surface area contributed by atoms with Crippen molar-refractivity contribution in [3.05, 3.63) is 30.1 Å². The molecule has 1 aromatic rings. The minimum absolute atomic E-state index is 0.0454. The van der Waals surface area contributed by atoms with Gasteiger partial charge in [-0.3, -0.25) is 9.78 Å². The number of pyridine rings is 1. The maximum Gasteiger partial charge on any atom is 0.253 e. The molecule has 0 radical (unpaired) electrons. The number of nitrogens with zero attached hydrogens (tertiary/aromatic N) is 2. The van der Waals surface area contributed by atoms with E-state index in [1.165, 1.54) is 11.8 Å². The highest BCUT2D eigenvalue weighted by molar-refractivity contribution is 8.13. The summed E-state index contributed by atoms with van der Waals surface area (Å²) in [5.41, 5.74) is 0.348. The first-order valence-corrected chi connectivity index (χ1v) is 6.00. The van der Waals surface area contributed by atoms with Crippen molar-refractivity contribution in [2.24, 2.45) is 4.99 Å². The third-order valence-electron chi connectivity index (χ3n) is 2.24. The monoisotopic (exact) mass is 235 g/mol. The predicted octanol–water partition coefficient (Wildman–Crippen LogP) is 1.58. The van der Waals surface area contributed by atoms with E-state index in [1.807, 2.05) is 18.2 Å². The zero-order chi connectivity index (χ0) is 11.6. The molecule has 0 atom stereocenters. The van der Waals surface area contributed by atoms with Crippen molar-refractivity contribution in [2.45, 2.75) is 25.1 Å². The minimum Gasteiger partial charge on any atom is -0.303 e. The van der Waals surface area contributed by atoms with Crippen LogP contribution in [-0.2, 0) is 10.5 Å². The minimum atomic E-state index is -0.632. The van der Waals surface area contributed by atoms with Crippen molar-refractivity contribution in [2.75, 3.05) is 0 Å². The van der Waals surface area contributed by atoms with E-state index in [2.05, 4.69) is 15.3 Å². The Morgan fingerprint density at radius 1 is 1.44 bits per heavy atom. The second-order valence-corrected chi connectivity index (χ2v) is 5.00. The molecule has 0 saturated carbocycles. The largest absolute Gasteiger partial charge is 0.303 e. The lowest BCUT2D eigenvalue weighted by Gasteiger charge is -2.07. The SMILES string of the molecule is CC1(C)N=C(SCc2ccccn2)NC1=O. The van der Waals surface area contributed by atoms with Crippen LogP contribution in [0.1, 0.15) is 19.5 Å². The lowest BCUT2D eigenvalue weighted by atomic mass is 10.1. The summed E-state index contributed by atoms with van der Waals surface area (Å²) >= 11 is 1.50. The zero-order valence-electron chi connectivity index (χ0n) is 9.23. The van der Waals surface area contributed by atoms with Gasteiger partial charge < -0.3 is 5.32 Å². The Hall–Kier alpha value is -1.36. The smallest absolute Gasteiger partial charge is 0.253 e. The first-order chi connectivity index (χ1) is 7.58. The molecule has 2 heterocycles. The van der Waals surface area contributed by atoms with Gasteiger partial charge in [0.15, 0.2) is 5.17 Å². The van der Waals surface area contributed by atoms with Crippen LogP contribution in [0.15, 0.2) is 29.4 Å². The van der Waals surface area contributed by atoms with Gasteiger partial charge in [-0.2, -0.15) is 0 Å². The Kier molecular flexibility index (Phi) is 2.96. The molecule has 5 heteroatoms. The van der Waals surface area contributed by atoms with E-state index < -0.39 is 5.54 Å². The molecule has 0 saturated heterocycles. The van der Waals surface area contributed by atoms with Gasteiger partial charge in [0.1, 0.15) is 5.54 Å². The highest BCUT2D eigenvalue weighted by atomic mass is 32.2. The Morgan fingerprint density at radius 3 is 2.81 bits per heavy atom. The molecule has 1 aliphatic heterocycles. The molecule has 1 aromatic heterocycles. The van der Waals surface area contributed by atoms with Crippen molar-refractivity contribution in [1.29, 1.82) is 0 Å². The summed E-state index contributed by atoms with van der Waals surface area (Å²) in [6.45, 7) is 3.60. The average molecular weight is 235 g/mol. The van der Waals surface area contributed by atoms with E-state index in [0.29, 0.717) is 5.17 Å². The van der Waals surface area contributed by atoms with Gasteiger partial charge in [0.25, 0.3) is 5.91 Å². The topological polar surface area (TPSA) is 54.4 Å². The lowest BCUT2D eigenvalue weighted by molar-refractivity contribution is -0.122. The first kappa shape index (κ1) is 11.1. The molecule has 2 rings (SSSR count). The standard InChI is InChI=1S/C11H13N3OS/c1-11(2)9(15)13-10(14-11)16-7-8-5-3-4-6-12-8/h3-6H,7H2,1-2H3,(H,13,14,15). The lowest BCUT2D eigenvalue weighted by Crippen LogP contribution is -2.33. The van der Waals surface area contributed by atoms with Gasteiger partial charge in [-0.05, 0) is 26.0 Å². The summed E-state index contributed by atoms with van der Waals surface area (Å²) in [6, 6.07) is 5.78. The molecule has 16 heavy (non-hydrogen) atoms. The van der Waals surface area contributed by atoms with Gasteiger partial charge in [0, 0.05) is 11.9 Å². The number of nitrogens with one attached hydrogen (secondary N) is 1. The Bertz CT molecular complexity index is 428. The summed E-state index contributed by atoms with van der Waals surface area (Å²) in [5, 5.41) is 3.44. The van der Waals surface area contributed by atoms with E-state index in [1.54, 1.807) is 20.0 Å². The Labute approximate surface area is 98.6 Å². The number of aromatic nitrogens is 1. The van der Waals surface area contributed by atoms with Gasteiger partial charge >= 0.3 is 0 Å². The number of amidine groups is 1. The molecule has 0 bridgehead atoms. The molecule has 84 valence electrons. The Morgan fingerprint density at radius 2 is 2.25 bits per heavy atom. The molecule has 1 amide bonds. The van der Waals surface area contributed by atoms with E-state index in [0.717, 1.165) is 11.4 Å². The second-order valence-electron chi connectivity index (χ2n) is 4.04. The Balaban J connectivity index is 1.96. The number of carbonyl (C=O) groups is 1. The second kappa shape index (κ2) is 4.25. The van der Waals surface area contributed by atoms with Gasteiger partial charge in [0.05, 0.1) is 5.69 Å². The van der Waals surface area contributed by atoms with Crippen molar-refractivity contribution >= 4 is 22.8 Å². The summed E-state index contributed by atoms with van der Waals surface area (Å²) in [4.78, 5) is 20.0. The third-order valence-corrected chi connectivity index (χ3v) is 3.15. The number of aliphatic imine (C=N–C) groups is 1. The maximum absolute atomic E-state index is 11.5. The molecule has 1 N–H and O–H groups in total. The molecular weight excluding hydrogens is 222 g/mol. The van der Waals surface area contributed by atoms with E-state index in [4.69, 9.17) is 0 Å². The van der Waals surface area contributed by atoms with Gasteiger partial charge in [-0.15, -0.1) is 0 Å². The maximum atomic E-state index is 11.5. The molecular formula is C11H13N3OS. The van der Waals surface area contributed by atoms with Gasteiger partial charge in [0.2, 0.25) is 0 Å². The average Bonchev–Trinajstić information content (AvgIpc) is 2.52. The van der Waals surface area contributed by atoms with E-state index in [9.17, 15) is 4.79 Å². The van der Waals surface area contributed by atoms with Crippen LogP contribution in [-0.4, -0.2) is 21.6 Å². The highest BCUT2D eigenvalue weighted by Gasteiger charge is 2.34. The van der Waals surface area contributed by atoms with Crippen molar-refractivity contribution < 1.29 is 4.79 Å². The third kappa shape index (κ3) is 2.41. The fourth-order valence-corrected chi connectivity index (χ4v) is 2.19. The molecule has 4 nitrogen and oxygen atoms in total. The first-order valence-electron chi connectivity index (χ1n) is 5.02. The van der Waals surface area contributed by atoms with Gasteiger partial charge in [-0.25, -0.2) is 4.99 Å². The predicted molar refractivity (Wildman–Crippen MR) is 65.2 cm³/mol. The number of thioether (sulfide) groups is 1. The van der Waals surface area contributed by atoms with Crippen LogP contribution in [0.4, 0.5) is 0 Å². The number of rotatable bonds is 2. The molecule has 0 spiro atoms. The highest BCUT2D eigenvalue weighted by Crippen LogP contribution is 2.21. The van der Waals surface area contributed by atoms with Crippen molar-refractivity contribution in [3.8, 4) is 0 Å². The molecule has 0 aliphatic carbocycles. The van der Waals surface area contributed by atoms with E-state index >= 15 is 0 Å².